The SMILES string of the molecule is Cc1oc(CN(C)C(=O)c2cccc(CS(C)=O)c2)cc1C(=O)O. The maximum atomic E-state index is 12.5. The lowest BCUT2D eigenvalue weighted by molar-refractivity contribution is 0.0694. The maximum Gasteiger partial charge on any atom is 0.339 e. The van der Waals surface area contributed by atoms with E-state index in [1.54, 1.807) is 38.4 Å². The van der Waals surface area contributed by atoms with Gasteiger partial charge in [-0.05, 0) is 30.7 Å². The van der Waals surface area contributed by atoms with Crippen LogP contribution in [0.5, 0.6) is 0 Å². The van der Waals surface area contributed by atoms with Crippen molar-refractivity contribution in [3.8, 4) is 0 Å². The smallest absolute Gasteiger partial charge is 0.339 e. The number of rotatable bonds is 6. The Balaban J connectivity index is 2.13. The van der Waals surface area contributed by atoms with Crippen molar-refractivity contribution in [1.82, 2.24) is 4.90 Å². The number of hydrogen-bond acceptors (Lipinski definition) is 4. The fourth-order valence-electron chi connectivity index (χ4n) is 2.39. The molecule has 0 saturated heterocycles. The lowest BCUT2D eigenvalue weighted by Gasteiger charge is -2.16. The van der Waals surface area contributed by atoms with Crippen LogP contribution >= 0.6 is 0 Å². The Bertz CT molecular complexity index is 796. The summed E-state index contributed by atoms with van der Waals surface area (Å²) in [6.07, 6.45) is 1.61. The third-order valence-electron chi connectivity index (χ3n) is 3.48. The summed E-state index contributed by atoms with van der Waals surface area (Å²) in [6.45, 7) is 1.74. The molecule has 0 bridgehead atoms. The van der Waals surface area contributed by atoms with Crippen LogP contribution in [0.3, 0.4) is 0 Å². The molecule has 7 heteroatoms. The van der Waals surface area contributed by atoms with Crippen LogP contribution in [0.2, 0.25) is 0 Å². The summed E-state index contributed by atoms with van der Waals surface area (Å²) in [5.41, 5.74) is 1.41. The first kappa shape index (κ1) is 17.9. The highest BCUT2D eigenvalue weighted by Gasteiger charge is 2.18. The number of nitrogens with zero attached hydrogens (tertiary/aromatic N) is 1. The zero-order chi connectivity index (χ0) is 17.9. The van der Waals surface area contributed by atoms with Gasteiger partial charge in [-0.25, -0.2) is 4.79 Å². The number of carbonyl (C=O) groups excluding carboxylic acids is 1. The molecule has 1 N–H and O–H groups in total. The minimum atomic E-state index is -1.06. The Morgan fingerprint density at radius 3 is 2.58 bits per heavy atom. The number of aromatic carboxylic acids is 1. The molecule has 1 heterocycles. The first-order valence-corrected chi connectivity index (χ1v) is 8.97. The molecule has 1 aromatic carbocycles. The molecule has 2 aromatic rings. The predicted molar refractivity (Wildman–Crippen MR) is 90.4 cm³/mol. The van der Waals surface area contributed by atoms with Gasteiger partial charge in [0, 0.05) is 35.4 Å². The van der Waals surface area contributed by atoms with Crippen molar-refractivity contribution in [3.05, 3.63) is 58.5 Å². The van der Waals surface area contributed by atoms with Crippen LogP contribution in [-0.2, 0) is 23.1 Å². The zero-order valence-electron chi connectivity index (χ0n) is 13.7. The lowest BCUT2D eigenvalue weighted by atomic mass is 10.1. The van der Waals surface area contributed by atoms with Crippen molar-refractivity contribution in [3.63, 3.8) is 0 Å². The number of carboxylic acids is 1. The van der Waals surface area contributed by atoms with Crippen LogP contribution in [0.4, 0.5) is 0 Å². The highest BCUT2D eigenvalue weighted by atomic mass is 32.2. The Kier molecular flexibility index (Phi) is 5.56. The molecule has 6 nitrogen and oxygen atoms in total. The normalized spacial score (nSPS) is 12.0. The Morgan fingerprint density at radius 1 is 1.29 bits per heavy atom. The second-order valence-electron chi connectivity index (χ2n) is 5.57. The van der Waals surface area contributed by atoms with Gasteiger partial charge in [-0.15, -0.1) is 0 Å². The summed E-state index contributed by atoms with van der Waals surface area (Å²) in [4.78, 5) is 25.0. The fourth-order valence-corrected chi connectivity index (χ4v) is 3.04. The summed E-state index contributed by atoms with van der Waals surface area (Å²) in [5, 5.41) is 9.04. The summed E-state index contributed by atoms with van der Waals surface area (Å²) >= 11 is 0. The Morgan fingerprint density at radius 2 is 2.00 bits per heavy atom. The first-order valence-electron chi connectivity index (χ1n) is 7.25. The van der Waals surface area contributed by atoms with Crippen molar-refractivity contribution >= 4 is 22.7 Å². The van der Waals surface area contributed by atoms with Crippen LogP contribution in [-0.4, -0.2) is 39.4 Å². The molecule has 128 valence electrons. The maximum absolute atomic E-state index is 12.5. The number of carbonyl (C=O) groups is 2. The Hall–Kier alpha value is -2.41. The molecule has 1 aromatic heterocycles. The van der Waals surface area contributed by atoms with Gasteiger partial charge in [0.15, 0.2) is 0 Å². The standard InChI is InChI=1S/C17H19NO5S/c1-11-15(17(20)21)8-14(23-11)9-18(2)16(19)13-6-4-5-12(7-13)10-24(3)22/h4-8H,9-10H2,1-3H3,(H,20,21). The van der Waals surface area contributed by atoms with Crippen molar-refractivity contribution in [2.24, 2.45) is 0 Å². The molecule has 1 atom stereocenters. The van der Waals surface area contributed by atoms with E-state index in [-0.39, 0.29) is 18.0 Å². The summed E-state index contributed by atoms with van der Waals surface area (Å²) in [6, 6.07) is 8.42. The average Bonchev–Trinajstić information content (AvgIpc) is 2.86. The van der Waals surface area contributed by atoms with Crippen molar-refractivity contribution in [1.29, 1.82) is 0 Å². The van der Waals surface area contributed by atoms with Gasteiger partial charge < -0.3 is 14.4 Å². The highest BCUT2D eigenvalue weighted by molar-refractivity contribution is 7.83. The first-order chi connectivity index (χ1) is 11.3. The second-order valence-corrected chi connectivity index (χ2v) is 7.00. The molecule has 0 spiro atoms. The molecule has 0 radical (unpaired) electrons. The van der Waals surface area contributed by atoms with Gasteiger partial charge >= 0.3 is 5.97 Å². The topological polar surface area (TPSA) is 87.8 Å². The monoisotopic (exact) mass is 349 g/mol. The average molecular weight is 349 g/mol. The number of amides is 1. The van der Waals surface area contributed by atoms with E-state index in [1.165, 1.54) is 11.0 Å². The molecule has 0 aliphatic carbocycles. The molecule has 0 saturated carbocycles. The summed E-state index contributed by atoms with van der Waals surface area (Å²) in [5.74, 6) is -0.164. The van der Waals surface area contributed by atoms with Gasteiger partial charge in [-0.3, -0.25) is 9.00 Å². The van der Waals surface area contributed by atoms with E-state index in [0.717, 1.165) is 5.56 Å². The highest BCUT2D eigenvalue weighted by Crippen LogP contribution is 2.17. The van der Waals surface area contributed by atoms with E-state index in [1.807, 2.05) is 6.07 Å². The summed E-state index contributed by atoms with van der Waals surface area (Å²) < 4.78 is 16.7. The minimum absolute atomic E-state index is 0.0956. The third kappa shape index (κ3) is 4.32. The Labute approximate surface area is 142 Å². The van der Waals surface area contributed by atoms with E-state index in [2.05, 4.69) is 0 Å². The molecular weight excluding hydrogens is 330 g/mol. The van der Waals surface area contributed by atoms with Crippen LogP contribution in [0.1, 0.15) is 37.8 Å². The molecule has 2 rings (SSSR count). The van der Waals surface area contributed by atoms with Crippen molar-refractivity contribution < 1.29 is 23.3 Å². The van der Waals surface area contributed by atoms with Crippen LogP contribution in [0.15, 0.2) is 34.7 Å². The fraction of sp³-hybridized carbons (Fsp3) is 0.294. The van der Waals surface area contributed by atoms with Crippen LogP contribution in [0, 0.1) is 6.92 Å². The number of furan rings is 1. The van der Waals surface area contributed by atoms with Crippen molar-refractivity contribution in [2.45, 2.75) is 19.2 Å². The van der Waals surface area contributed by atoms with Gasteiger partial charge in [-0.2, -0.15) is 0 Å². The molecule has 0 aliphatic rings. The number of benzene rings is 1. The van der Waals surface area contributed by atoms with Gasteiger partial charge in [0.2, 0.25) is 0 Å². The van der Waals surface area contributed by atoms with Crippen molar-refractivity contribution in [2.75, 3.05) is 13.3 Å². The largest absolute Gasteiger partial charge is 0.478 e. The van der Waals surface area contributed by atoms with E-state index in [9.17, 15) is 13.8 Å². The molecule has 0 fully saturated rings. The van der Waals surface area contributed by atoms with E-state index in [4.69, 9.17) is 9.52 Å². The van der Waals surface area contributed by atoms with Gasteiger partial charge in [-0.1, -0.05) is 12.1 Å². The number of hydrogen-bond donors (Lipinski definition) is 1. The number of carboxylic acid groups (broad SMARTS) is 1. The molecule has 1 unspecified atom stereocenters. The van der Waals surface area contributed by atoms with Gasteiger partial charge in [0.25, 0.3) is 5.91 Å². The predicted octanol–water partition coefficient (Wildman–Crippen LogP) is 2.44. The van der Waals surface area contributed by atoms with Crippen LogP contribution in [0.25, 0.3) is 0 Å². The van der Waals surface area contributed by atoms with E-state index >= 15 is 0 Å². The number of aryl methyl sites for hydroxylation is 1. The lowest BCUT2D eigenvalue weighted by Crippen LogP contribution is -2.26. The molecular formula is C17H19NO5S. The molecule has 24 heavy (non-hydrogen) atoms. The summed E-state index contributed by atoms with van der Waals surface area (Å²) in [7, 11) is 0.636. The molecule has 0 aliphatic heterocycles. The van der Waals surface area contributed by atoms with E-state index < -0.39 is 16.8 Å². The molecule has 1 amide bonds. The minimum Gasteiger partial charge on any atom is -0.478 e. The van der Waals surface area contributed by atoms with E-state index in [0.29, 0.717) is 22.8 Å². The zero-order valence-corrected chi connectivity index (χ0v) is 14.6. The quantitative estimate of drug-likeness (QED) is 0.865. The van der Waals surface area contributed by atoms with Gasteiger partial charge in [0.05, 0.1) is 6.54 Å². The third-order valence-corrected chi connectivity index (χ3v) is 4.22. The van der Waals surface area contributed by atoms with Crippen LogP contribution < -0.4 is 0 Å². The van der Waals surface area contributed by atoms with Gasteiger partial charge in [0.1, 0.15) is 17.1 Å². The second kappa shape index (κ2) is 7.44.